The number of aliphatic hydroxyl groups excluding tert-OH is 1. The molecule has 0 spiro atoms. The van der Waals surface area contributed by atoms with E-state index in [9.17, 15) is 19.3 Å². The molecule has 0 radical (unpaired) electrons. The summed E-state index contributed by atoms with van der Waals surface area (Å²) >= 11 is 0. The van der Waals surface area contributed by atoms with Gasteiger partial charge in [0.2, 0.25) is 0 Å². The minimum Gasteiger partial charge on any atom is -0.462 e. The lowest BCUT2D eigenvalue weighted by atomic mass is 10.1. The van der Waals surface area contributed by atoms with Gasteiger partial charge in [0.15, 0.2) is 6.23 Å². The van der Waals surface area contributed by atoms with Gasteiger partial charge in [-0.1, -0.05) is 43.0 Å². The van der Waals surface area contributed by atoms with Crippen molar-refractivity contribution in [1.82, 2.24) is 15.3 Å². The molecule has 0 bridgehead atoms. The van der Waals surface area contributed by atoms with Crippen molar-refractivity contribution in [2.75, 3.05) is 7.11 Å². The zero-order chi connectivity index (χ0) is 29.9. The van der Waals surface area contributed by atoms with Gasteiger partial charge in [0.1, 0.15) is 35.9 Å². The molecule has 0 saturated carbocycles. The maximum atomic E-state index is 14.3. The Bertz CT molecular complexity index is 1360. The maximum absolute atomic E-state index is 14.3. The number of methoxy groups -OCH3 is 1. The van der Waals surface area contributed by atoms with Crippen LogP contribution in [-0.2, 0) is 32.9 Å². The lowest BCUT2D eigenvalue weighted by Gasteiger charge is -2.33. The smallest absolute Gasteiger partial charge is 0.459 e. The number of rotatable bonds is 11. The molecule has 0 aliphatic carbocycles. The predicted molar refractivity (Wildman–Crippen MR) is 150 cm³/mol. The second-order valence-corrected chi connectivity index (χ2v) is 11.7. The van der Waals surface area contributed by atoms with Gasteiger partial charge in [-0.2, -0.15) is 5.09 Å². The van der Waals surface area contributed by atoms with Crippen molar-refractivity contribution in [2.45, 2.75) is 70.5 Å². The van der Waals surface area contributed by atoms with Crippen LogP contribution >= 0.6 is 7.75 Å². The largest absolute Gasteiger partial charge is 0.462 e. The lowest BCUT2D eigenvalue weighted by molar-refractivity contribution is -0.149. The molecule has 7 atom stereocenters. The molecule has 2 aliphatic heterocycles. The second kappa shape index (κ2) is 12.7. The number of aliphatic hydroxyl groups is 1. The molecule has 41 heavy (non-hydrogen) atoms. The van der Waals surface area contributed by atoms with E-state index < -0.39 is 56.5 Å². The number of ether oxygens (including phenoxy) is 3. The molecule has 1 fully saturated rings. The Labute approximate surface area is 238 Å². The van der Waals surface area contributed by atoms with E-state index in [-0.39, 0.29) is 17.5 Å². The van der Waals surface area contributed by atoms with Crippen LogP contribution in [0, 0.1) is 0 Å². The molecule has 2 aromatic carbocycles. The molecule has 2 aliphatic rings. The van der Waals surface area contributed by atoms with Crippen LogP contribution in [0.5, 0.6) is 5.75 Å². The summed E-state index contributed by atoms with van der Waals surface area (Å²) < 4.78 is 43.2. The standard InChI is InChI=1S/C28H36N3O9P/c1-16(2)37-28(34)17(3)30-41(35,40-22-13-9-11-20-10-7-8-12-21(20)22)39-18(4)25-24(33)26(36-6)27(38-25)31-15-14-23(32)29-19(31)5/h7-18,24-27,33H,5H2,1-4,6H3,(H,29,32)(H,30,35)/t17?,18?,24?,25-,26?,27-,41?/m1/s1. The summed E-state index contributed by atoms with van der Waals surface area (Å²) in [6, 6.07) is 11.6. The average Bonchev–Trinajstić information content (AvgIpc) is 3.24. The molecule has 2 heterocycles. The van der Waals surface area contributed by atoms with Gasteiger partial charge in [0, 0.05) is 24.8 Å². The molecule has 1 amide bonds. The fraction of sp³-hybridized carbons (Fsp3) is 0.429. The zero-order valence-corrected chi connectivity index (χ0v) is 24.4. The molecule has 4 rings (SSSR count). The molecule has 2 aromatic rings. The van der Waals surface area contributed by atoms with Crippen molar-refractivity contribution < 1.29 is 42.5 Å². The third kappa shape index (κ3) is 6.98. The second-order valence-electron chi connectivity index (χ2n) is 10.1. The lowest BCUT2D eigenvalue weighted by Crippen LogP contribution is -2.47. The van der Waals surface area contributed by atoms with Crippen molar-refractivity contribution in [3.05, 3.63) is 67.1 Å². The van der Waals surface area contributed by atoms with Crippen molar-refractivity contribution in [2.24, 2.45) is 0 Å². The van der Waals surface area contributed by atoms with Gasteiger partial charge in [-0.15, -0.1) is 0 Å². The molecule has 1 saturated heterocycles. The van der Waals surface area contributed by atoms with E-state index >= 15 is 0 Å². The quantitative estimate of drug-likeness (QED) is 0.263. The van der Waals surface area contributed by atoms with E-state index in [2.05, 4.69) is 17.0 Å². The average molecular weight is 590 g/mol. The predicted octanol–water partition coefficient (Wildman–Crippen LogP) is 3.18. The molecule has 3 N–H and O–H groups in total. The minimum atomic E-state index is -4.32. The summed E-state index contributed by atoms with van der Waals surface area (Å²) in [7, 11) is -2.91. The number of hydrogen-bond acceptors (Lipinski definition) is 10. The van der Waals surface area contributed by atoms with Crippen molar-refractivity contribution in [3.8, 4) is 5.75 Å². The van der Waals surface area contributed by atoms with Gasteiger partial charge in [0.25, 0.3) is 5.91 Å². The minimum absolute atomic E-state index is 0.232. The summed E-state index contributed by atoms with van der Waals surface area (Å²) in [5, 5.41) is 17.9. The highest BCUT2D eigenvalue weighted by molar-refractivity contribution is 7.52. The Hall–Kier alpha value is -3.25. The van der Waals surface area contributed by atoms with E-state index in [0.717, 1.165) is 5.39 Å². The Morgan fingerprint density at radius 1 is 1.17 bits per heavy atom. The van der Waals surface area contributed by atoms with Gasteiger partial charge in [-0.3, -0.25) is 14.1 Å². The van der Waals surface area contributed by atoms with E-state index in [0.29, 0.717) is 5.39 Å². The maximum Gasteiger partial charge on any atom is 0.459 e. The summed E-state index contributed by atoms with van der Waals surface area (Å²) in [5.74, 6) is -0.501. The highest BCUT2D eigenvalue weighted by atomic mass is 31.2. The Balaban J connectivity index is 1.60. The third-order valence-electron chi connectivity index (χ3n) is 6.56. The van der Waals surface area contributed by atoms with E-state index in [1.54, 1.807) is 32.9 Å². The first-order chi connectivity index (χ1) is 19.4. The van der Waals surface area contributed by atoms with Gasteiger partial charge in [0.05, 0.1) is 12.2 Å². The SMILES string of the molecule is C=C1NC(=O)C=CN1[C@@H]1O[C@H](C(C)OP(=O)(NC(C)C(=O)OC(C)C)Oc2cccc3ccccc23)C(O)C1OC. The van der Waals surface area contributed by atoms with Gasteiger partial charge < -0.3 is 34.1 Å². The normalized spacial score (nSPS) is 25.6. The van der Waals surface area contributed by atoms with Crippen LogP contribution in [-0.4, -0.2) is 71.8 Å². The number of carbonyl (C=O) groups excluding carboxylic acids is 2. The van der Waals surface area contributed by atoms with Crippen LogP contribution in [0.1, 0.15) is 27.7 Å². The van der Waals surface area contributed by atoms with Gasteiger partial charge in [-0.05, 0) is 39.1 Å². The van der Waals surface area contributed by atoms with Crippen LogP contribution in [0.25, 0.3) is 10.8 Å². The fourth-order valence-electron chi connectivity index (χ4n) is 4.65. The number of carbonyl (C=O) groups is 2. The van der Waals surface area contributed by atoms with E-state index in [1.807, 2.05) is 30.3 Å². The Morgan fingerprint density at radius 2 is 1.88 bits per heavy atom. The van der Waals surface area contributed by atoms with Crippen LogP contribution in [0.4, 0.5) is 0 Å². The molecule has 222 valence electrons. The highest BCUT2D eigenvalue weighted by Gasteiger charge is 2.51. The van der Waals surface area contributed by atoms with Gasteiger partial charge >= 0.3 is 13.7 Å². The van der Waals surface area contributed by atoms with Crippen LogP contribution in [0.2, 0.25) is 0 Å². The number of nitrogens with one attached hydrogen (secondary N) is 2. The molecule has 0 aromatic heterocycles. The zero-order valence-electron chi connectivity index (χ0n) is 23.6. The number of nitrogens with zero attached hydrogens (tertiary/aromatic N) is 1. The number of hydrogen-bond donors (Lipinski definition) is 3. The van der Waals surface area contributed by atoms with Crippen LogP contribution < -0.4 is 14.9 Å². The first kappa shape index (κ1) is 30.7. The van der Waals surface area contributed by atoms with Gasteiger partial charge in [-0.25, -0.2) is 4.57 Å². The summed E-state index contributed by atoms with van der Waals surface area (Å²) in [6.07, 6.45) is -2.71. The van der Waals surface area contributed by atoms with Crippen molar-refractivity contribution in [1.29, 1.82) is 0 Å². The van der Waals surface area contributed by atoms with E-state index in [4.69, 9.17) is 23.3 Å². The van der Waals surface area contributed by atoms with E-state index in [1.165, 1.54) is 31.2 Å². The molecular formula is C28H36N3O9P. The van der Waals surface area contributed by atoms with Crippen LogP contribution in [0.15, 0.2) is 67.1 Å². The third-order valence-corrected chi connectivity index (χ3v) is 8.31. The summed E-state index contributed by atoms with van der Waals surface area (Å²) in [4.78, 5) is 25.8. The number of amides is 1. The number of benzene rings is 2. The molecule has 13 heteroatoms. The topological polar surface area (TPSA) is 145 Å². The fourth-order valence-corrected chi connectivity index (χ4v) is 6.37. The molecular weight excluding hydrogens is 553 g/mol. The first-order valence-electron chi connectivity index (χ1n) is 13.2. The molecule has 12 nitrogen and oxygen atoms in total. The summed E-state index contributed by atoms with van der Waals surface area (Å²) in [5.41, 5.74) is 0. The number of fused-ring (bicyclic) bond motifs is 1. The summed E-state index contributed by atoms with van der Waals surface area (Å²) in [6.45, 7) is 10.3. The molecule has 5 unspecified atom stereocenters. The monoisotopic (exact) mass is 589 g/mol. The van der Waals surface area contributed by atoms with Crippen molar-refractivity contribution >= 4 is 30.4 Å². The highest BCUT2D eigenvalue weighted by Crippen LogP contribution is 2.49. The van der Waals surface area contributed by atoms with Crippen LogP contribution in [0.3, 0.4) is 0 Å². The first-order valence-corrected chi connectivity index (χ1v) is 14.7. The Kier molecular flexibility index (Phi) is 9.53. The number of esters is 1. The Morgan fingerprint density at radius 3 is 2.56 bits per heavy atom. The van der Waals surface area contributed by atoms with Crippen molar-refractivity contribution in [3.63, 3.8) is 0 Å².